The van der Waals surface area contributed by atoms with Gasteiger partial charge >= 0.3 is 0 Å². The van der Waals surface area contributed by atoms with Crippen LogP contribution in [0.2, 0.25) is 0 Å². The topological polar surface area (TPSA) is 41.8 Å². The Bertz CT molecular complexity index is 480. The number of para-hydroxylation sites is 1. The summed E-state index contributed by atoms with van der Waals surface area (Å²) in [7, 11) is 0. The maximum atomic E-state index is 5.85. The summed E-state index contributed by atoms with van der Waals surface area (Å²) in [4.78, 5) is 3.29. The third-order valence-corrected chi connectivity index (χ3v) is 2.50. The van der Waals surface area contributed by atoms with Crippen LogP contribution in [-0.4, -0.2) is 4.98 Å². The Morgan fingerprint density at radius 2 is 2.29 bits per heavy atom. The minimum Gasteiger partial charge on any atom is -0.397 e. The molecule has 14 heavy (non-hydrogen) atoms. The van der Waals surface area contributed by atoms with Crippen molar-refractivity contribution in [2.24, 2.45) is 0 Å². The quantitative estimate of drug-likeness (QED) is 0.695. The number of aromatic amines is 1. The normalized spacial score (nSPS) is 10.6. The summed E-state index contributed by atoms with van der Waals surface area (Å²) in [5, 5.41) is 1.15. The fraction of sp³-hybridized carbons (Fsp3) is 0.167. The van der Waals surface area contributed by atoms with E-state index in [0.29, 0.717) is 0 Å². The minimum atomic E-state index is 0.789. The van der Waals surface area contributed by atoms with E-state index in [9.17, 15) is 0 Å². The molecular formula is C12H14N2. The van der Waals surface area contributed by atoms with Crippen LogP contribution in [0.1, 0.15) is 19.0 Å². The monoisotopic (exact) mass is 186 g/mol. The average Bonchev–Trinajstić information content (AvgIpc) is 2.62. The van der Waals surface area contributed by atoms with Gasteiger partial charge in [-0.2, -0.15) is 0 Å². The van der Waals surface area contributed by atoms with Crippen LogP contribution in [0.25, 0.3) is 16.5 Å². The van der Waals surface area contributed by atoms with E-state index in [1.165, 1.54) is 0 Å². The second kappa shape index (κ2) is 3.22. The molecule has 1 aromatic heterocycles. The molecule has 0 amide bonds. The number of rotatable bonds is 2. The largest absolute Gasteiger partial charge is 0.397 e. The van der Waals surface area contributed by atoms with Crippen molar-refractivity contribution in [3.63, 3.8) is 0 Å². The Labute approximate surface area is 83.4 Å². The van der Waals surface area contributed by atoms with Gasteiger partial charge < -0.3 is 10.7 Å². The zero-order chi connectivity index (χ0) is 10.1. The van der Waals surface area contributed by atoms with Crippen molar-refractivity contribution in [3.8, 4) is 0 Å². The van der Waals surface area contributed by atoms with Crippen LogP contribution in [0.4, 0.5) is 5.69 Å². The van der Waals surface area contributed by atoms with Crippen LogP contribution < -0.4 is 5.73 Å². The number of fused-ring (bicyclic) bond motifs is 1. The smallest absolute Gasteiger partial charge is 0.0692 e. The highest BCUT2D eigenvalue weighted by molar-refractivity contribution is 5.92. The predicted octanol–water partition coefficient (Wildman–Crippen LogP) is 3.17. The lowest BCUT2D eigenvalue weighted by atomic mass is 10.1. The molecule has 2 heteroatoms. The third-order valence-electron chi connectivity index (χ3n) is 2.50. The number of anilines is 1. The molecule has 1 heterocycles. The first-order valence-electron chi connectivity index (χ1n) is 4.77. The Kier molecular flexibility index (Phi) is 2.04. The van der Waals surface area contributed by atoms with Gasteiger partial charge in [0.05, 0.1) is 11.2 Å². The van der Waals surface area contributed by atoms with Crippen molar-refractivity contribution in [1.29, 1.82) is 0 Å². The van der Waals surface area contributed by atoms with E-state index in [2.05, 4.69) is 30.6 Å². The van der Waals surface area contributed by atoms with E-state index in [4.69, 9.17) is 5.73 Å². The lowest BCUT2D eigenvalue weighted by Gasteiger charge is -1.96. The molecule has 0 bridgehead atoms. The highest BCUT2D eigenvalue weighted by Gasteiger charge is 2.04. The van der Waals surface area contributed by atoms with Crippen LogP contribution in [-0.2, 0) is 0 Å². The van der Waals surface area contributed by atoms with E-state index < -0.39 is 0 Å². The summed E-state index contributed by atoms with van der Waals surface area (Å²) in [6.45, 7) is 6.09. The van der Waals surface area contributed by atoms with E-state index in [0.717, 1.165) is 34.3 Å². The van der Waals surface area contributed by atoms with Crippen molar-refractivity contribution < 1.29 is 0 Å². The van der Waals surface area contributed by atoms with Gasteiger partial charge in [0.25, 0.3) is 0 Å². The van der Waals surface area contributed by atoms with Gasteiger partial charge in [-0.15, -0.1) is 0 Å². The van der Waals surface area contributed by atoms with Crippen molar-refractivity contribution in [2.45, 2.75) is 13.3 Å². The maximum Gasteiger partial charge on any atom is 0.0692 e. The predicted molar refractivity (Wildman–Crippen MR) is 62.0 cm³/mol. The molecule has 0 radical (unpaired) electrons. The first-order chi connectivity index (χ1) is 6.72. The molecule has 0 saturated heterocycles. The number of nitrogens with one attached hydrogen (secondary N) is 1. The number of nitrogen functional groups attached to an aromatic ring is 1. The first-order valence-corrected chi connectivity index (χ1v) is 4.77. The molecule has 3 N–H and O–H groups in total. The number of benzene rings is 1. The molecule has 0 unspecified atom stereocenters. The molecule has 72 valence electrons. The number of nitrogens with two attached hydrogens (primary N) is 1. The molecule has 0 fully saturated rings. The third kappa shape index (κ3) is 1.29. The maximum absolute atomic E-state index is 5.85. The molecule has 2 aromatic rings. The van der Waals surface area contributed by atoms with Gasteiger partial charge in [0.1, 0.15) is 0 Å². The molecule has 1 aromatic carbocycles. The summed E-state index contributed by atoms with van der Waals surface area (Å²) >= 11 is 0. The SMILES string of the molecule is C=C(CC)c1cc2cccc(N)c2[nH]1. The number of H-pyrrole nitrogens is 1. The van der Waals surface area contributed by atoms with Gasteiger partial charge in [0.15, 0.2) is 0 Å². The Morgan fingerprint density at radius 1 is 1.50 bits per heavy atom. The Hall–Kier alpha value is -1.70. The lowest BCUT2D eigenvalue weighted by Crippen LogP contribution is -1.85. The molecule has 0 aliphatic carbocycles. The fourth-order valence-corrected chi connectivity index (χ4v) is 1.56. The van der Waals surface area contributed by atoms with Crippen LogP contribution in [0, 0.1) is 0 Å². The van der Waals surface area contributed by atoms with Crippen LogP contribution in [0.3, 0.4) is 0 Å². The molecular weight excluding hydrogens is 172 g/mol. The highest BCUT2D eigenvalue weighted by Crippen LogP contribution is 2.25. The van der Waals surface area contributed by atoms with Gasteiger partial charge in [-0.3, -0.25) is 0 Å². The van der Waals surface area contributed by atoms with Crippen molar-refractivity contribution in [2.75, 3.05) is 5.73 Å². The van der Waals surface area contributed by atoms with Gasteiger partial charge in [0.2, 0.25) is 0 Å². The van der Waals surface area contributed by atoms with E-state index in [1.807, 2.05) is 12.1 Å². The van der Waals surface area contributed by atoms with Crippen molar-refractivity contribution >= 4 is 22.2 Å². The molecule has 2 rings (SSSR count). The van der Waals surface area contributed by atoms with E-state index >= 15 is 0 Å². The number of hydrogen-bond acceptors (Lipinski definition) is 1. The van der Waals surface area contributed by atoms with Crippen molar-refractivity contribution in [3.05, 3.63) is 36.5 Å². The number of aromatic nitrogens is 1. The molecule has 2 nitrogen and oxygen atoms in total. The fourth-order valence-electron chi connectivity index (χ4n) is 1.56. The molecule has 0 aliphatic heterocycles. The first kappa shape index (κ1) is 8.88. The summed E-state index contributed by atoms with van der Waals surface area (Å²) in [5.74, 6) is 0. The number of hydrogen-bond donors (Lipinski definition) is 2. The van der Waals surface area contributed by atoms with Gasteiger partial charge in [-0.25, -0.2) is 0 Å². The molecule has 0 atom stereocenters. The molecule has 0 spiro atoms. The molecule has 0 saturated carbocycles. The number of allylic oxidation sites excluding steroid dienone is 1. The summed E-state index contributed by atoms with van der Waals surface area (Å²) in [6.07, 6.45) is 0.951. The Balaban J connectivity index is 2.62. The Morgan fingerprint density at radius 3 is 2.93 bits per heavy atom. The summed E-state index contributed by atoms with van der Waals surface area (Å²) in [6, 6.07) is 8.01. The minimum absolute atomic E-state index is 0.789. The zero-order valence-electron chi connectivity index (χ0n) is 8.30. The summed E-state index contributed by atoms with van der Waals surface area (Å²) < 4.78 is 0. The van der Waals surface area contributed by atoms with E-state index in [1.54, 1.807) is 0 Å². The van der Waals surface area contributed by atoms with Crippen LogP contribution in [0.15, 0.2) is 30.8 Å². The van der Waals surface area contributed by atoms with Crippen LogP contribution >= 0.6 is 0 Å². The molecule has 0 aliphatic rings. The van der Waals surface area contributed by atoms with Gasteiger partial charge in [0, 0.05) is 11.1 Å². The van der Waals surface area contributed by atoms with Gasteiger partial charge in [-0.1, -0.05) is 25.6 Å². The van der Waals surface area contributed by atoms with E-state index in [-0.39, 0.29) is 0 Å². The second-order valence-corrected chi connectivity index (χ2v) is 3.45. The zero-order valence-corrected chi connectivity index (χ0v) is 8.30. The standard InChI is InChI=1S/C12H14N2/c1-3-8(2)11-7-9-5-4-6-10(13)12(9)14-11/h4-7,14H,2-3,13H2,1H3. The van der Waals surface area contributed by atoms with Crippen molar-refractivity contribution in [1.82, 2.24) is 4.98 Å². The average molecular weight is 186 g/mol. The highest BCUT2D eigenvalue weighted by atomic mass is 14.7. The lowest BCUT2D eigenvalue weighted by molar-refractivity contribution is 1.22. The van der Waals surface area contributed by atoms with Gasteiger partial charge in [-0.05, 0) is 24.1 Å². The summed E-state index contributed by atoms with van der Waals surface area (Å²) in [5.41, 5.74) is 9.85. The van der Waals surface area contributed by atoms with Crippen LogP contribution in [0.5, 0.6) is 0 Å². The second-order valence-electron chi connectivity index (χ2n) is 3.45.